The molecule has 1 aliphatic rings. The zero-order valence-electron chi connectivity index (χ0n) is 13.5. The van der Waals surface area contributed by atoms with E-state index in [1.54, 1.807) is 0 Å². The van der Waals surface area contributed by atoms with Gasteiger partial charge in [0.2, 0.25) is 0 Å². The number of ether oxygens (including phenoxy) is 1. The van der Waals surface area contributed by atoms with Crippen molar-refractivity contribution in [3.63, 3.8) is 0 Å². The second-order valence-electron chi connectivity index (χ2n) is 5.97. The quantitative estimate of drug-likeness (QED) is 0.757. The monoisotopic (exact) mass is 309 g/mol. The fourth-order valence-electron chi connectivity index (χ4n) is 3.20. The first kappa shape index (κ1) is 15.8. The SMILES string of the molecule is CCC(c1ccccc1)N1CCC1C(=O)OCc1ccccc1. The Bertz CT molecular complexity index is 627. The summed E-state index contributed by atoms with van der Waals surface area (Å²) in [6, 6.07) is 20.4. The highest BCUT2D eigenvalue weighted by Gasteiger charge is 2.39. The van der Waals surface area contributed by atoms with Crippen LogP contribution in [0.25, 0.3) is 0 Å². The van der Waals surface area contributed by atoms with Crippen LogP contribution in [0, 0.1) is 0 Å². The Balaban J connectivity index is 1.61. The highest BCUT2D eigenvalue weighted by Crippen LogP contribution is 2.33. The van der Waals surface area contributed by atoms with E-state index in [1.165, 1.54) is 5.56 Å². The summed E-state index contributed by atoms with van der Waals surface area (Å²) in [4.78, 5) is 14.7. The molecule has 0 N–H and O–H groups in total. The second kappa shape index (κ2) is 7.42. The van der Waals surface area contributed by atoms with Crippen molar-refractivity contribution in [3.05, 3.63) is 71.8 Å². The van der Waals surface area contributed by atoms with E-state index in [4.69, 9.17) is 4.74 Å². The van der Waals surface area contributed by atoms with Gasteiger partial charge in [-0.2, -0.15) is 0 Å². The normalized spacial score (nSPS) is 18.9. The lowest BCUT2D eigenvalue weighted by atomic mass is 9.94. The van der Waals surface area contributed by atoms with E-state index in [0.717, 1.165) is 24.9 Å². The van der Waals surface area contributed by atoms with Crippen molar-refractivity contribution in [2.75, 3.05) is 6.54 Å². The highest BCUT2D eigenvalue weighted by molar-refractivity contribution is 5.77. The smallest absolute Gasteiger partial charge is 0.323 e. The maximum atomic E-state index is 12.4. The van der Waals surface area contributed by atoms with Gasteiger partial charge in [0.15, 0.2) is 0 Å². The molecule has 0 aromatic heterocycles. The van der Waals surface area contributed by atoms with Crippen LogP contribution in [-0.2, 0) is 16.1 Å². The minimum Gasteiger partial charge on any atom is -0.460 e. The zero-order chi connectivity index (χ0) is 16.1. The number of carbonyl (C=O) groups excluding carboxylic acids is 1. The average Bonchev–Trinajstić information content (AvgIpc) is 2.58. The van der Waals surface area contributed by atoms with Gasteiger partial charge in [-0.3, -0.25) is 9.69 Å². The zero-order valence-corrected chi connectivity index (χ0v) is 13.5. The van der Waals surface area contributed by atoms with Gasteiger partial charge in [-0.15, -0.1) is 0 Å². The molecule has 3 heteroatoms. The van der Waals surface area contributed by atoms with Crippen LogP contribution >= 0.6 is 0 Å². The maximum absolute atomic E-state index is 12.4. The molecule has 0 radical (unpaired) electrons. The van der Waals surface area contributed by atoms with Crippen molar-refractivity contribution in [2.45, 2.75) is 38.5 Å². The molecular weight excluding hydrogens is 286 g/mol. The number of carbonyl (C=O) groups is 1. The van der Waals surface area contributed by atoms with Crippen molar-refractivity contribution in [1.29, 1.82) is 0 Å². The van der Waals surface area contributed by atoms with Crippen molar-refractivity contribution in [3.8, 4) is 0 Å². The Morgan fingerprint density at radius 3 is 2.35 bits per heavy atom. The molecule has 2 aromatic carbocycles. The van der Waals surface area contributed by atoms with Gasteiger partial charge in [0.25, 0.3) is 0 Å². The van der Waals surface area contributed by atoms with Crippen LogP contribution in [0.3, 0.4) is 0 Å². The van der Waals surface area contributed by atoms with Crippen LogP contribution in [-0.4, -0.2) is 23.5 Å². The van der Waals surface area contributed by atoms with E-state index in [0.29, 0.717) is 12.6 Å². The fraction of sp³-hybridized carbons (Fsp3) is 0.350. The predicted octanol–water partition coefficient (Wildman–Crippen LogP) is 3.96. The summed E-state index contributed by atoms with van der Waals surface area (Å²) in [6.45, 7) is 3.48. The van der Waals surface area contributed by atoms with Crippen LogP contribution in [0.1, 0.15) is 36.9 Å². The van der Waals surface area contributed by atoms with E-state index in [-0.39, 0.29) is 12.0 Å². The van der Waals surface area contributed by atoms with Crippen LogP contribution in [0.5, 0.6) is 0 Å². The molecule has 23 heavy (non-hydrogen) atoms. The molecule has 2 atom stereocenters. The first-order valence-electron chi connectivity index (χ1n) is 8.31. The number of hydrogen-bond donors (Lipinski definition) is 0. The van der Waals surface area contributed by atoms with E-state index >= 15 is 0 Å². The van der Waals surface area contributed by atoms with E-state index in [2.05, 4.69) is 36.1 Å². The molecule has 3 nitrogen and oxygen atoms in total. The first-order chi connectivity index (χ1) is 11.3. The van der Waals surface area contributed by atoms with E-state index < -0.39 is 0 Å². The van der Waals surface area contributed by atoms with Gasteiger partial charge in [-0.05, 0) is 24.0 Å². The predicted molar refractivity (Wildman–Crippen MR) is 90.8 cm³/mol. The summed E-state index contributed by atoms with van der Waals surface area (Å²) < 4.78 is 5.51. The summed E-state index contributed by atoms with van der Waals surface area (Å²) in [5, 5.41) is 0. The molecule has 1 fully saturated rings. The lowest BCUT2D eigenvalue weighted by Gasteiger charge is -2.44. The largest absolute Gasteiger partial charge is 0.460 e. The summed E-state index contributed by atoms with van der Waals surface area (Å²) in [7, 11) is 0. The third-order valence-corrected chi connectivity index (χ3v) is 4.53. The Kier molecular flexibility index (Phi) is 5.09. The lowest BCUT2D eigenvalue weighted by Crippen LogP contribution is -2.54. The van der Waals surface area contributed by atoms with Gasteiger partial charge in [-0.1, -0.05) is 67.6 Å². The van der Waals surface area contributed by atoms with Crippen LogP contribution in [0.4, 0.5) is 0 Å². The van der Waals surface area contributed by atoms with Gasteiger partial charge in [0, 0.05) is 12.6 Å². The third-order valence-electron chi connectivity index (χ3n) is 4.53. The van der Waals surface area contributed by atoms with Gasteiger partial charge >= 0.3 is 5.97 Å². The summed E-state index contributed by atoms with van der Waals surface area (Å²) in [5.41, 5.74) is 2.30. The van der Waals surface area contributed by atoms with Gasteiger partial charge in [-0.25, -0.2) is 0 Å². The standard InChI is InChI=1S/C20H23NO2/c1-2-18(17-11-7-4-8-12-17)21-14-13-19(21)20(22)23-15-16-9-5-3-6-10-16/h3-12,18-19H,2,13-15H2,1H3. The Labute approximate surface area is 137 Å². The van der Waals surface area contributed by atoms with E-state index in [9.17, 15) is 4.79 Å². The molecular formula is C20H23NO2. The first-order valence-corrected chi connectivity index (χ1v) is 8.31. The summed E-state index contributed by atoms with van der Waals surface area (Å²) in [6.07, 6.45) is 1.88. The minimum atomic E-state index is -0.108. The summed E-state index contributed by atoms with van der Waals surface area (Å²) >= 11 is 0. The summed E-state index contributed by atoms with van der Waals surface area (Å²) in [5.74, 6) is -0.102. The van der Waals surface area contributed by atoms with Crippen LogP contribution in [0.2, 0.25) is 0 Å². The number of benzene rings is 2. The molecule has 2 unspecified atom stereocenters. The van der Waals surface area contributed by atoms with Crippen LogP contribution < -0.4 is 0 Å². The molecule has 1 aliphatic heterocycles. The number of rotatable bonds is 6. The Morgan fingerprint density at radius 2 is 1.78 bits per heavy atom. The molecule has 0 saturated carbocycles. The van der Waals surface area contributed by atoms with Crippen molar-refractivity contribution >= 4 is 5.97 Å². The molecule has 0 amide bonds. The van der Waals surface area contributed by atoms with Crippen molar-refractivity contribution < 1.29 is 9.53 Å². The fourth-order valence-corrected chi connectivity index (χ4v) is 3.20. The topological polar surface area (TPSA) is 29.5 Å². The molecule has 0 aliphatic carbocycles. The van der Waals surface area contributed by atoms with Crippen LogP contribution in [0.15, 0.2) is 60.7 Å². The van der Waals surface area contributed by atoms with Crippen molar-refractivity contribution in [2.24, 2.45) is 0 Å². The lowest BCUT2D eigenvalue weighted by molar-refractivity contribution is -0.158. The molecule has 3 rings (SSSR count). The number of hydrogen-bond acceptors (Lipinski definition) is 3. The molecule has 1 saturated heterocycles. The molecule has 1 heterocycles. The Morgan fingerprint density at radius 1 is 1.13 bits per heavy atom. The molecule has 120 valence electrons. The Hall–Kier alpha value is -2.13. The van der Waals surface area contributed by atoms with Crippen molar-refractivity contribution in [1.82, 2.24) is 4.90 Å². The molecule has 2 aromatic rings. The average molecular weight is 309 g/mol. The highest BCUT2D eigenvalue weighted by atomic mass is 16.5. The van der Waals surface area contributed by atoms with E-state index in [1.807, 2.05) is 36.4 Å². The van der Waals surface area contributed by atoms with Gasteiger partial charge < -0.3 is 4.74 Å². The third kappa shape index (κ3) is 3.62. The molecule has 0 bridgehead atoms. The minimum absolute atomic E-state index is 0.102. The van der Waals surface area contributed by atoms with Gasteiger partial charge in [0.05, 0.1) is 0 Å². The van der Waals surface area contributed by atoms with Gasteiger partial charge in [0.1, 0.15) is 12.6 Å². The number of nitrogens with zero attached hydrogens (tertiary/aromatic N) is 1. The second-order valence-corrected chi connectivity index (χ2v) is 5.97. The number of esters is 1. The molecule has 0 spiro atoms. The maximum Gasteiger partial charge on any atom is 0.323 e. The number of likely N-dealkylation sites (tertiary alicyclic amines) is 1.